The molecule has 0 amide bonds. The van der Waals surface area contributed by atoms with Crippen LogP contribution in [0.5, 0.6) is 0 Å². The molecular formula is C9H7ClO3S2. The van der Waals surface area contributed by atoms with Gasteiger partial charge in [0.05, 0.1) is 4.88 Å². The van der Waals surface area contributed by atoms with Crippen molar-refractivity contribution < 1.29 is 12.8 Å². The lowest BCUT2D eigenvalue weighted by atomic mass is 10.4. The van der Waals surface area contributed by atoms with Gasteiger partial charge in [-0.1, -0.05) is 0 Å². The van der Waals surface area contributed by atoms with Crippen molar-refractivity contribution in [2.75, 3.05) is 0 Å². The Hall–Kier alpha value is -0.780. The first-order valence-electron chi connectivity index (χ1n) is 4.08. The Morgan fingerprint density at radius 1 is 1.27 bits per heavy atom. The summed E-state index contributed by atoms with van der Waals surface area (Å²) in [5.74, 6) is 1.44. The van der Waals surface area contributed by atoms with E-state index in [1.165, 1.54) is 6.07 Å². The van der Waals surface area contributed by atoms with Crippen molar-refractivity contribution in [3.05, 3.63) is 30.0 Å². The molecule has 0 radical (unpaired) electrons. The van der Waals surface area contributed by atoms with E-state index in [2.05, 4.69) is 0 Å². The third-order valence-corrected chi connectivity index (χ3v) is 5.00. The van der Waals surface area contributed by atoms with Gasteiger partial charge in [0, 0.05) is 10.7 Å². The Balaban J connectivity index is 2.44. The van der Waals surface area contributed by atoms with Crippen LogP contribution in [0.3, 0.4) is 0 Å². The smallest absolute Gasteiger partial charge is 0.270 e. The van der Waals surface area contributed by atoms with E-state index in [0.717, 1.165) is 22.0 Å². The highest BCUT2D eigenvalue weighted by Gasteiger charge is 2.15. The molecule has 0 aromatic carbocycles. The summed E-state index contributed by atoms with van der Waals surface area (Å²) in [6.07, 6.45) is 0. The summed E-state index contributed by atoms with van der Waals surface area (Å²) in [6, 6.07) is 6.77. The third-order valence-electron chi connectivity index (χ3n) is 1.80. The molecule has 0 spiro atoms. The van der Waals surface area contributed by atoms with Crippen LogP contribution in [0.1, 0.15) is 5.76 Å². The van der Waals surface area contributed by atoms with Crippen molar-refractivity contribution in [3.8, 4) is 10.6 Å². The molecule has 2 aromatic heterocycles. The molecule has 15 heavy (non-hydrogen) atoms. The lowest BCUT2D eigenvalue weighted by Gasteiger charge is -1.89. The van der Waals surface area contributed by atoms with Crippen molar-refractivity contribution in [1.29, 1.82) is 0 Å². The number of thiophene rings is 1. The number of hydrogen-bond donors (Lipinski definition) is 0. The number of rotatable bonds is 2. The minimum atomic E-state index is -3.63. The summed E-state index contributed by atoms with van der Waals surface area (Å²) in [4.78, 5) is 0.752. The maximum Gasteiger partial charge on any atom is 0.270 e. The van der Waals surface area contributed by atoms with Crippen LogP contribution in [0.4, 0.5) is 0 Å². The summed E-state index contributed by atoms with van der Waals surface area (Å²) in [5.41, 5.74) is 0. The molecule has 2 rings (SSSR count). The van der Waals surface area contributed by atoms with Crippen molar-refractivity contribution >= 4 is 31.1 Å². The monoisotopic (exact) mass is 262 g/mol. The number of furan rings is 1. The molecule has 0 aliphatic heterocycles. The highest BCUT2D eigenvalue weighted by Crippen LogP contribution is 2.33. The second kappa shape index (κ2) is 3.66. The molecule has 80 valence electrons. The zero-order chi connectivity index (χ0) is 11.1. The van der Waals surface area contributed by atoms with Crippen LogP contribution in [0.25, 0.3) is 10.6 Å². The lowest BCUT2D eigenvalue weighted by Crippen LogP contribution is -1.82. The molecule has 0 bridgehead atoms. The van der Waals surface area contributed by atoms with Crippen molar-refractivity contribution in [2.45, 2.75) is 11.1 Å². The largest absolute Gasteiger partial charge is 0.461 e. The molecule has 6 heteroatoms. The summed E-state index contributed by atoms with van der Waals surface area (Å²) in [7, 11) is 1.58. The van der Waals surface area contributed by atoms with Gasteiger partial charge in [-0.05, 0) is 31.2 Å². The maximum atomic E-state index is 11.0. The minimum absolute atomic E-state index is 0.133. The van der Waals surface area contributed by atoms with Gasteiger partial charge in [-0.3, -0.25) is 0 Å². The van der Waals surface area contributed by atoms with Crippen LogP contribution in [0, 0.1) is 6.92 Å². The van der Waals surface area contributed by atoms with Gasteiger partial charge < -0.3 is 4.42 Å². The van der Waals surface area contributed by atoms with Crippen LogP contribution in [0.2, 0.25) is 0 Å². The van der Waals surface area contributed by atoms with E-state index in [-0.39, 0.29) is 4.21 Å². The second-order valence-corrected chi connectivity index (χ2v) is 6.84. The minimum Gasteiger partial charge on any atom is -0.461 e. The fraction of sp³-hybridized carbons (Fsp3) is 0.111. The van der Waals surface area contributed by atoms with Crippen LogP contribution in [0.15, 0.2) is 32.9 Å². The first kappa shape index (κ1) is 10.7. The SMILES string of the molecule is Cc1ccc(-c2ccc(S(=O)(=O)Cl)s2)o1. The van der Waals surface area contributed by atoms with E-state index in [1.54, 1.807) is 12.1 Å². The molecule has 3 nitrogen and oxygen atoms in total. The first-order valence-corrected chi connectivity index (χ1v) is 7.21. The first-order chi connectivity index (χ1) is 6.97. The van der Waals surface area contributed by atoms with Gasteiger partial charge in [-0.25, -0.2) is 8.42 Å². The fourth-order valence-electron chi connectivity index (χ4n) is 1.15. The molecule has 2 aromatic rings. The summed E-state index contributed by atoms with van der Waals surface area (Å²) in [5, 5.41) is 0. The molecule has 0 fully saturated rings. The van der Waals surface area contributed by atoms with Crippen LogP contribution < -0.4 is 0 Å². The van der Waals surface area contributed by atoms with Gasteiger partial charge in [0.1, 0.15) is 15.7 Å². The second-order valence-electron chi connectivity index (χ2n) is 2.97. The Morgan fingerprint density at radius 3 is 2.47 bits per heavy atom. The van der Waals surface area contributed by atoms with Gasteiger partial charge >= 0.3 is 0 Å². The Kier molecular flexibility index (Phi) is 2.62. The topological polar surface area (TPSA) is 47.3 Å². The van der Waals surface area contributed by atoms with Crippen LogP contribution in [-0.2, 0) is 9.05 Å². The van der Waals surface area contributed by atoms with Crippen molar-refractivity contribution in [1.82, 2.24) is 0 Å². The molecule has 0 aliphatic rings. The highest BCUT2D eigenvalue weighted by atomic mass is 35.7. The van der Waals surface area contributed by atoms with Crippen LogP contribution in [-0.4, -0.2) is 8.42 Å². The maximum absolute atomic E-state index is 11.0. The molecule has 2 heterocycles. The quantitative estimate of drug-likeness (QED) is 0.781. The zero-order valence-electron chi connectivity index (χ0n) is 7.73. The van der Waals surface area contributed by atoms with E-state index in [9.17, 15) is 8.42 Å². The molecule has 0 N–H and O–H groups in total. The number of hydrogen-bond acceptors (Lipinski definition) is 4. The fourth-order valence-corrected chi connectivity index (χ4v) is 3.19. The Bertz CT molecular complexity index is 580. The van der Waals surface area contributed by atoms with Crippen LogP contribution >= 0.6 is 22.0 Å². The highest BCUT2D eigenvalue weighted by molar-refractivity contribution is 8.15. The van der Waals surface area contributed by atoms with E-state index in [0.29, 0.717) is 5.76 Å². The van der Waals surface area contributed by atoms with Gasteiger partial charge in [0.25, 0.3) is 9.05 Å². The summed E-state index contributed by atoms with van der Waals surface area (Å²) < 4.78 is 27.6. The van der Waals surface area contributed by atoms with Gasteiger partial charge in [-0.2, -0.15) is 0 Å². The van der Waals surface area contributed by atoms with E-state index >= 15 is 0 Å². The van der Waals surface area contributed by atoms with E-state index in [1.807, 2.05) is 13.0 Å². The normalized spacial score (nSPS) is 11.9. The van der Waals surface area contributed by atoms with E-state index < -0.39 is 9.05 Å². The molecular weight excluding hydrogens is 256 g/mol. The summed E-state index contributed by atoms with van der Waals surface area (Å²) in [6.45, 7) is 1.83. The predicted octanol–water partition coefficient (Wildman–Crippen LogP) is 3.24. The predicted molar refractivity (Wildman–Crippen MR) is 59.8 cm³/mol. The van der Waals surface area contributed by atoms with Crippen molar-refractivity contribution in [2.24, 2.45) is 0 Å². The molecule has 0 saturated heterocycles. The molecule has 0 unspecified atom stereocenters. The third kappa shape index (κ3) is 2.25. The Labute approximate surface area is 95.7 Å². The van der Waals surface area contributed by atoms with Gasteiger partial charge in [-0.15, -0.1) is 11.3 Å². The standard InChI is InChI=1S/C9H7ClO3S2/c1-6-2-3-7(13-6)8-4-5-9(14-8)15(10,11)12/h2-5H,1H3. The zero-order valence-corrected chi connectivity index (χ0v) is 10.1. The lowest BCUT2D eigenvalue weighted by molar-refractivity contribution is 0.549. The average Bonchev–Trinajstić information content (AvgIpc) is 2.69. The van der Waals surface area contributed by atoms with Crippen molar-refractivity contribution in [3.63, 3.8) is 0 Å². The van der Waals surface area contributed by atoms with Gasteiger partial charge in [0.15, 0.2) is 0 Å². The molecule has 0 atom stereocenters. The molecule has 0 aliphatic carbocycles. The molecule has 0 saturated carbocycles. The Morgan fingerprint density at radius 2 is 2.00 bits per heavy atom. The number of aryl methyl sites for hydroxylation is 1. The van der Waals surface area contributed by atoms with E-state index in [4.69, 9.17) is 15.1 Å². The summed E-state index contributed by atoms with van der Waals surface area (Å²) >= 11 is 1.09. The van der Waals surface area contributed by atoms with Gasteiger partial charge in [0.2, 0.25) is 0 Å². The average molecular weight is 263 g/mol. The number of halogens is 1.